The zero-order valence-electron chi connectivity index (χ0n) is 10.6. The molecule has 1 aliphatic carbocycles. The van der Waals surface area contributed by atoms with Crippen molar-refractivity contribution in [2.45, 2.75) is 32.2 Å². The first-order chi connectivity index (χ1) is 9.08. The van der Waals surface area contributed by atoms with Gasteiger partial charge >= 0.3 is 0 Å². The summed E-state index contributed by atoms with van der Waals surface area (Å²) in [6.07, 6.45) is -0.261. The Kier molecular flexibility index (Phi) is 2.77. The van der Waals surface area contributed by atoms with Gasteiger partial charge in [0, 0.05) is 17.2 Å². The lowest BCUT2D eigenvalue weighted by molar-refractivity contribution is 0.151. The number of anilines is 1. The normalized spacial score (nSPS) is 15.2. The molecule has 0 amide bonds. The molecule has 0 spiro atoms. The van der Waals surface area contributed by atoms with Crippen LogP contribution in [-0.2, 0) is 0 Å². The number of benzene rings is 1. The van der Waals surface area contributed by atoms with Crippen molar-refractivity contribution in [3.63, 3.8) is 0 Å². The highest BCUT2D eigenvalue weighted by atomic mass is 19.3. The van der Waals surface area contributed by atoms with E-state index in [1.54, 1.807) is 12.1 Å². The molecule has 0 atom stereocenters. The van der Waals surface area contributed by atoms with Gasteiger partial charge in [0.1, 0.15) is 17.3 Å². The van der Waals surface area contributed by atoms with Gasteiger partial charge in [0.05, 0.1) is 0 Å². The Bertz CT molecular complexity index is 615. The number of nitrogens with zero attached hydrogens (tertiary/aromatic N) is 2. The van der Waals surface area contributed by atoms with E-state index < -0.39 is 6.43 Å². The molecule has 1 aliphatic rings. The first-order valence-corrected chi connectivity index (χ1v) is 6.30. The molecule has 1 fully saturated rings. The quantitative estimate of drug-likeness (QED) is 0.917. The fourth-order valence-electron chi connectivity index (χ4n) is 2.39. The van der Waals surface area contributed by atoms with Gasteiger partial charge in [0.2, 0.25) is 0 Å². The molecule has 3 rings (SSSR count). The highest BCUT2D eigenvalue weighted by Gasteiger charge is 2.28. The molecule has 1 aromatic heterocycles. The van der Waals surface area contributed by atoms with Crippen LogP contribution in [0.1, 0.15) is 36.7 Å². The zero-order chi connectivity index (χ0) is 13.6. The van der Waals surface area contributed by atoms with Crippen LogP contribution < -0.4 is 5.73 Å². The molecule has 0 radical (unpaired) electrons. The van der Waals surface area contributed by atoms with Crippen LogP contribution in [0.25, 0.3) is 11.3 Å². The molecule has 1 heterocycles. The van der Waals surface area contributed by atoms with Gasteiger partial charge in [-0.3, -0.25) is 0 Å². The Labute approximate surface area is 110 Å². The summed E-state index contributed by atoms with van der Waals surface area (Å²) in [7, 11) is 0. The van der Waals surface area contributed by atoms with E-state index in [0.717, 1.165) is 18.7 Å². The molecule has 1 aromatic carbocycles. The Morgan fingerprint density at radius 3 is 2.74 bits per heavy atom. The molecule has 0 aliphatic heterocycles. The van der Waals surface area contributed by atoms with E-state index in [2.05, 4.69) is 4.98 Å². The van der Waals surface area contributed by atoms with Gasteiger partial charge in [-0.1, -0.05) is 18.2 Å². The monoisotopic (exact) mass is 263 g/mol. The second kappa shape index (κ2) is 4.33. The van der Waals surface area contributed by atoms with Gasteiger partial charge in [-0.2, -0.15) is 0 Å². The van der Waals surface area contributed by atoms with Crippen LogP contribution in [-0.4, -0.2) is 9.55 Å². The molecule has 1 saturated carbocycles. The third kappa shape index (κ3) is 2.09. The van der Waals surface area contributed by atoms with Crippen LogP contribution in [0.3, 0.4) is 0 Å². The number of aromatic nitrogens is 2. The summed E-state index contributed by atoms with van der Waals surface area (Å²) >= 11 is 0. The number of hydrogen-bond donors (Lipinski definition) is 1. The van der Waals surface area contributed by atoms with Crippen molar-refractivity contribution in [1.82, 2.24) is 9.55 Å². The van der Waals surface area contributed by atoms with Crippen LogP contribution in [0.4, 0.5) is 14.6 Å². The summed E-state index contributed by atoms with van der Waals surface area (Å²) in [6, 6.07) is 6.68. The first kappa shape index (κ1) is 12.1. The number of imidazole rings is 1. The first-order valence-electron chi connectivity index (χ1n) is 6.30. The molecule has 3 nitrogen and oxygen atoms in total. The van der Waals surface area contributed by atoms with E-state index in [1.807, 2.05) is 11.5 Å². The van der Waals surface area contributed by atoms with Crippen molar-refractivity contribution in [1.29, 1.82) is 0 Å². The fourth-order valence-corrected chi connectivity index (χ4v) is 2.39. The highest BCUT2D eigenvalue weighted by molar-refractivity contribution is 5.71. The largest absolute Gasteiger partial charge is 0.383 e. The summed E-state index contributed by atoms with van der Waals surface area (Å²) in [4.78, 5) is 4.44. The van der Waals surface area contributed by atoms with Crippen molar-refractivity contribution < 1.29 is 8.78 Å². The van der Waals surface area contributed by atoms with E-state index in [0.29, 0.717) is 23.1 Å². The minimum atomic E-state index is -2.48. The lowest BCUT2D eigenvalue weighted by Crippen LogP contribution is -2.02. The summed E-state index contributed by atoms with van der Waals surface area (Å²) in [5, 5.41) is 0. The third-order valence-corrected chi connectivity index (χ3v) is 3.45. The topological polar surface area (TPSA) is 43.8 Å². The Hall–Kier alpha value is -1.91. The molecule has 2 N–H and O–H groups in total. The number of rotatable bonds is 3. The average molecular weight is 263 g/mol. The predicted octanol–water partition coefficient (Wildman–Crippen LogP) is 3.71. The standard InChI is InChI=1S/C14H15F2N3/c1-8-18-12(14(17)19(8)11-5-6-11)9-3-2-4-10(7-9)13(15)16/h2-4,7,11,13H,5-6,17H2,1H3. The summed E-state index contributed by atoms with van der Waals surface area (Å²) < 4.78 is 27.5. The maximum atomic E-state index is 12.7. The van der Waals surface area contributed by atoms with Crippen molar-refractivity contribution in [3.05, 3.63) is 35.7 Å². The fraction of sp³-hybridized carbons (Fsp3) is 0.357. The van der Waals surface area contributed by atoms with Crippen LogP contribution in [0.2, 0.25) is 0 Å². The smallest absolute Gasteiger partial charge is 0.263 e. The SMILES string of the molecule is Cc1nc(-c2cccc(C(F)F)c2)c(N)n1C1CC1. The molecular weight excluding hydrogens is 248 g/mol. The molecule has 19 heavy (non-hydrogen) atoms. The van der Waals surface area contributed by atoms with E-state index in [-0.39, 0.29) is 5.56 Å². The molecule has 0 unspecified atom stereocenters. The number of nitrogens with two attached hydrogens (primary N) is 1. The van der Waals surface area contributed by atoms with Crippen molar-refractivity contribution >= 4 is 5.82 Å². The minimum Gasteiger partial charge on any atom is -0.383 e. The van der Waals surface area contributed by atoms with Gasteiger partial charge in [-0.25, -0.2) is 13.8 Å². The van der Waals surface area contributed by atoms with Crippen LogP contribution in [0.15, 0.2) is 24.3 Å². The molecule has 5 heteroatoms. The van der Waals surface area contributed by atoms with Crippen molar-refractivity contribution in [2.24, 2.45) is 0 Å². The second-order valence-electron chi connectivity index (χ2n) is 4.92. The van der Waals surface area contributed by atoms with Gasteiger partial charge < -0.3 is 10.3 Å². The number of aryl methyl sites for hydroxylation is 1. The lowest BCUT2D eigenvalue weighted by Gasteiger charge is -2.06. The third-order valence-electron chi connectivity index (χ3n) is 3.45. The molecule has 0 bridgehead atoms. The zero-order valence-corrected chi connectivity index (χ0v) is 10.6. The van der Waals surface area contributed by atoms with E-state index in [4.69, 9.17) is 5.73 Å². The van der Waals surface area contributed by atoms with Gasteiger partial charge in [0.25, 0.3) is 6.43 Å². The van der Waals surface area contributed by atoms with E-state index in [9.17, 15) is 8.78 Å². The van der Waals surface area contributed by atoms with Crippen LogP contribution in [0, 0.1) is 6.92 Å². The van der Waals surface area contributed by atoms with Crippen molar-refractivity contribution in [2.75, 3.05) is 5.73 Å². The number of nitrogen functional groups attached to an aromatic ring is 1. The second-order valence-corrected chi connectivity index (χ2v) is 4.92. The Balaban J connectivity index is 2.07. The van der Waals surface area contributed by atoms with E-state index in [1.165, 1.54) is 12.1 Å². The molecule has 100 valence electrons. The summed E-state index contributed by atoms with van der Waals surface area (Å²) in [5.41, 5.74) is 7.37. The van der Waals surface area contributed by atoms with E-state index >= 15 is 0 Å². The number of alkyl halides is 2. The summed E-state index contributed by atoms with van der Waals surface area (Å²) in [5.74, 6) is 1.42. The number of halogens is 2. The predicted molar refractivity (Wildman–Crippen MR) is 70.0 cm³/mol. The average Bonchev–Trinajstić information content (AvgIpc) is 3.16. The van der Waals surface area contributed by atoms with Gasteiger partial charge in [-0.05, 0) is 25.8 Å². The van der Waals surface area contributed by atoms with Crippen LogP contribution in [0.5, 0.6) is 0 Å². The highest BCUT2D eigenvalue weighted by Crippen LogP contribution is 2.40. The Morgan fingerprint density at radius 1 is 1.37 bits per heavy atom. The van der Waals surface area contributed by atoms with Gasteiger partial charge in [0.15, 0.2) is 0 Å². The lowest BCUT2D eigenvalue weighted by atomic mass is 10.1. The van der Waals surface area contributed by atoms with Gasteiger partial charge in [-0.15, -0.1) is 0 Å². The summed E-state index contributed by atoms with van der Waals surface area (Å²) in [6.45, 7) is 1.90. The Morgan fingerprint density at radius 2 is 2.11 bits per heavy atom. The maximum Gasteiger partial charge on any atom is 0.263 e. The minimum absolute atomic E-state index is 0.00414. The molecule has 2 aromatic rings. The molecule has 0 saturated heterocycles. The maximum absolute atomic E-state index is 12.7. The van der Waals surface area contributed by atoms with Crippen molar-refractivity contribution in [3.8, 4) is 11.3 Å². The number of hydrogen-bond acceptors (Lipinski definition) is 2. The van der Waals surface area contributed by atoms with Crippen LogP contribution >= 0.6 is 0 Å². The molecular formula is C14H15F2N3.